The zero-order valence-electron chi connectivity index (χ0n) is 12.2. The second-order valence-corrected chi connectivity index (χ2v) is 6.77. The summed E-state index contributed by atoms with van der Waals surface area (Å²) in [5.74, 6) is 0. The molecule has 2 unspecified atom stereocenters. The second-order valence-electron chi connectivity index (χ2n) is 4.96. The Kier molecular flexibility index (Phi) is 7.23. The van der Waals surface area contributed by atoms with Gasteiger partial charge in [-0.05, 0) is 38.8 Å². The van der Waals surface area contributed by atoms with E-state index in [1.54, 1.807) is 14.2 Å². The Labute approximate surface area is 117 Å². The molecule has 0 aromatic carbocycles. The smallest absolute Gasteiger partial charge is 0.279 e. The summed E-state index contributed by atoms with van der Waals surface area (Å²) in [6.45, 7) is 4.30. The number of ether oxygens (including phenoxy) is 1. The predicted octanol–water partition coefficient (Wildman–Crippen LogP) is 0.320. The van der Waals surface area contributed by atoms with Gasteiger partial charge >= 0.3 is 0 Å². The summed E-state index contributed by atoms with van der Waals surface area (Å²) in [7, 11) is -0.146. The first-order valence-electron chi connectivity index (χ1n) is 6.98. The average molecular weight is 293 g/mol. The van der Waals surface area contributed by atoms with E-state index in [1.165, 1.54) is 4.31 Å². The molecular weight excluding hydrogens is 266 g/mol. The van der Waals surface area contributed by atoms with Crippen molar-refractivity contribution < 1.29 is 13.2 Å². The first-order chi connectivity index (χ1) is 9.01. The zero-order valence-corrected chi connectivity index (χ0v) is 13.0. The molecular formula is C12H27N3O3S. The number of nitrogens with zero attached hydrogens (tertiary/aromatic N) is 1. The van der Waals surface area contributed by atoms with Gasteiger partial charge in [-0.25, -0.2) is 0 Å². The second kappa shape index (κ2) is 8.16. The van der Waals surface area contributed by atoms with Gasteiger partial charge in [0, 0.05) is 26.7 Å². The molecule has 114 valence electrons. The first-order valence-corrected chi connectivity index (χ1v) is 8.42. The molecule has 0 aromatic rings. The van der Waals surface area contributed by atoms with E-state index < -0.39 is 10.2 Å². The molecule has 0 aromatic heterocycles. The lowest BCUT2D eigenvalue weighted by atomic mass is 10.2. The van der Waals surface area contributed by atoms with Crippen LogP contribution in [0.25, 0.3) is 0 Å². The fourth-order valence-corrected chi connectivity index (χ4v) is 3.55. The van der Waals surface area contributed by atoms with Gasteiger partial charge in [0.15, 0.2) is 0 Å². The van der Waals surface area contributed by atoms with E-state index in [4.69, 9.17) is 4.74 Å². The Bertz CT molecular complexity index is 348. The van der Waals surface area contributed by atoms with Crippen LogP contribution in [0, 0.1) is 0 Å². The van der Waals surface area contributed by atoms with Crippen LogP contribution in [0.3, 0.4) is 0 Å². The number of rotatable bonds is 9. The van der Waals surface area contributed by atoms with Gasteiger partial charge in [-0.15, -0.1) is 0 Å². The largest absolute Gasteiger partial charge is 0.380 e. The van der Waals surface area contributed by atoms with Crippen molar-refractivity contribution in [2.45, 2.75) is 44.8 Å². The summed E-state index contributed by atoms with van der Waals surface area (Å²) < 4.78 is 33.7. The lowest BCUT2D eigenvalue weighted by Gasteiger charge is -2.24. The molecule has 1 rings (SSSR count). The normalized spacial score (nSPS) is 24.2. The van der Waals surface area contributed by atoms with Crippen molar-refractivity contribution in [2.24, 2.45) is 0 Å². The molecule has 1 aliphatic carbocycles. The van der Waals surface area contributed by atoms with Gasteiger partial charge in [0.2, 0.25) is 0 Å². The molecule has 0 spiro atoms. The van der Waals surface area contributed by atoms with E-state index in [9.17, 15) is 8.42 Å². The topological polar surface area (TPSA) is 70.7 Å². The Hall–Kier alpha value is -0.210. The van der Waals surface area contributed by atoms with Crippen LogP contribution in [0.2, 0.25) is 0 Å². The maximum atomic E-state index is 12.2. The third-order valence-corrected chi connectivity index (χ3v) is 5.15. The predicted molar refractivity (Wildman–Crippen MR) is 76.3 cm³/mol. The molecule has 0 radical (unpaired) electrons. The van der Waals surface area contributed by atoms with Crippen molar-refractivity contribution in [1.29, 1.82) is 0 Å². The summed E-state index contributed by atoms with van der Waals surface area (Å²) in [6.07, 6.45) is 3.60. The highest BCUT2D eigenvalue weighted by Gasteiger charge is 2.31. The highest BCUT2D eigenvalue weighted by Crippen LogP contribution is 2.22. The highest BCUT2D eigenvalue weighted by atomic mass is 32.2. The maximum absolute atomic E-state index is 12.2. The fraction of sp³-hybridized carbons (Fsp3) is 1.00. The highest BCUT2D eigenvalue weighted by molar-refractivity contribution is 7.87. The molecule has 0 bridgehead atoms. The minimum absolute atomic E-state index is 0.00457. The third-order valence-electron chi connectivity index (χ3n) is 3.54. The Morgan fingerprint density at radius 1 is 1.37 bits per heavy atom. The summed E-state index contributed by atoms with van der Waals surface area (Å²) in [6, 6.07) is -0.0915. The SMILES string of the molecule is CCNCCCN(C)S(=O)(=O)NC1CCCC1OC. The number of nitrogens with one attached hydrogen (secondary N) is 2. The lowest BCUT2D eigenvalue weighted by molar-refractivity contribution is 0.0911. The van der Waals surface area contributed by atoms with E-state index in [0.717, 1.165) is 38.8 Å². The van der Waals surface area contributed by atoms with Crippen molar-refractivity contribution in [1.82, 2.24) is 14.3 Å². The maximum Gasteiger partial charge on any atom is 0.279 e. The van der Waals surface area contributed by atoms with Crippen molar-refractivity contribution >= 4 is 10.2 Å². The van der Waals surface area contributed by atoms with Gasteiger partial charge in [-0.1, -0.05) is 6.92 Å². The van der Waals surface area contributed by atoms with Crippen molar-refractivity contribution in [3.63, 3.8) is 0 Å². The standard InChI is InChI=1S/C12H27N3O3S/c1-4-13-9-6-10-15(2)19(16,17)14-11-7-5-8-12(11)18-3/h11-14H,4-10H2,1-3H3. The molecule has 0 saturated heterocycles. The van der Waals surface area contributed by atoms with Crippen LogP contribution in [0.5, 0.6) is 0 Å². The van der Waals surface area contributed by atoms with Gasteiger partial charge in [0.25, 0.3) is 10.2 Å². The van der Waals surface area contributed by atoms with Crippen LogP contribution in [-0.2, 0) is 14.9 Å². The molecule has 2 atom stereocenters. The van der Waals surface area contributed by atoms with E-state index in [-0.39, 0.29) is 12.1 Å². The van der Waals surface area contributed by atoms with Crippen LogP contribution in [0.15, 0.2) is 0 Å². The molecule has 1 saturated carbocycles. The van der Waals surface area contributed by atoms with Crippen molar-refractivity contribution in [3.8, 4) is 0 Å². The molecule has 7 heteroatoms. The van der Waals surface area contributed by atoms with Crippen molar-refractivity contribution in [3.05, 3.63) is 0 Å². The average Bonchev–Trinajstić information content (AvgIpc) is 2.80. The van der Waals surface area contributed by atoms with Crippen LogP contribution in [-0.4, -0.2) is 58.7 Å². The third kappa shape index (κ3) is 5.35. The molecule has 1 fully saturated rings. The van der Waals surface area contributed by atoms with Gasteiger partial charge in [0.05, 0.1) is 6.10 Å². The van der Waals surface area contributed by atoms with Gasteiger partial charge in [-0.2, -0.15) is 17.4 Å². The van der Waals surface area contributed by atoms with Crippen LogP contribution >= 0.6 is 0 Å². The Balaban J connectivity index is 2.41. The van der Waals surface area contributed by atoms with E-state index in [1.807, 2.05) is 6.92 Å². The van der Waals surface area contributed by atoms with E-state index >= 15 is 0 Å². The quantitative estimate of drug-likeness (QED) is 0.601. The Morgan fingerprint density at radius 3 is 2.74 bits per heavy atom. The molecule has 19 heavy (non-hydrogen) atoms. The molecule has 2 N–H and O–H groups in total. The zero-order chi connectivity index (χ0) is 14.3. The van der Waals surface area contributed by atoms with Crippen molar-refractivity contribution in [2.75, 3.05) is 33.8 Å². The molecule has 6 nitrogen and oxygen atoms in total. The first kappa shape index (κ1) is 16.8. The molecule has 0 aliphatic heterocycles. The number of hydrogen-bond acceptors (Lipinski definition) is 4. The van der Waals surface area contributed by atoms with E-state index in [2.05, 4.69) is 10.0 Å². The van der Waals surface area contributed by atoms with Crippen LogP contribution in [0.1, 0.15) is 32.6 Å². The Morgan fingerprint density at radius 2 is 2.11 bits per heavy atom. The monoisotopic (exact) mass is 293 g/mol. The lowest BCUT2D eigenvalue weighted by Crippen LogP contribution is -2.47. The summed E-state index contributed by atoms with van der Waals surface area (Å²) in [5, 5.41) is 3.18. The minimum atomic E-state index is -3.40. The summed E-state index contributed by atoms with van der Waals surface area (Å²) in [5.41, 5.74) is 0. The minimum Gasteiger partial charge on any atom is -0.380 e. The molecule has 0 heterocycles. The van der Waals surface area contributed by atoms with Crippen LogP contribution < -0.4 is 10.0 Å². The van der Waals surface area contributed by atoms with E-state index in [0.29, 0.717) is 6.54 Å². The van der Waals surface area contributed by atoms with Gasteiger partial charge in [0.1, 0.15) is 0 Å². The molecule has 0 amide bonds. The van der Waals surface area contributed by atoms with Crippen LogP contribution in [0.4, 0.5) is 0 Å². The molecule has 1 aliphatic rings. The van der Waals surface area contributed by atoms with Gasteiger partial charge < -0.3 is 10.1 Å². The summed E-state index contributed by atoms with van der Waals surface area (Å²) in [4.78, 5) is 0. The van der Waals surface area contributed by atoms with Gasteiger partial charge in [-0.3, -0.25) is 0 Å². The summed E-state index contributed by atoms with van der Waals surface area (Å²) >= 11 is 0. The number of hydrogen-bond donors (Lipinski definition) is 2. The fourth-order valence-electron chi connectivity index (χ4n) is 2.35. The number of methoxy groups -OCH3 is 1.